The Morgan fingerprint density at radius 3 is 2.91 bits per heavy atom. The average molecular weight is 327 g/mol. The summed E-state index contributed by atoms with van der Waals surface area (Å²) in [6, 6.07) is 14.4. The number of amides is 1. The maximum absolute atomic E-state index is 11.4. The van der Waals surface area contributed by atoms with Crippen LogP contribution < -0.4 is 10.1 Å². The van der Waals surface area contributed by atoms with E-state index in [0.717, 1.165) is 34.9 Å². The van der Waals surface area contributed by atoms with Crippen molar-refractivity contribution >= 4 is 23.4 Å². The number of ether oxygens (including phenoxy) is 1. The predicted molar refractivity (Wildman–Crippen MR) is 96.2 cm³/mol. The molecule has 1 amide bonds. The first kappa shape index (κ1) is 15.9. The molecular weight excluding hydrogens is 306 g/mol. The fourth-order valence-corrected chi connectivity index (χ4v) is 3.51. The summed E-state index contributed by atoms with van der Waals surface area (Å²) in [5.41, 5.74) is 4.82. The van der Waals surface area contributed by atoms with Crippen LogP contribution in [0.5, 0.6) is 5.75 Å². The SMILES string of the molecule is Cc1ccccc1CSCCOc1ccc2c(c1)CCC(=O)N2. The van der Waals surface area contributed by atoms with Crippen LogP contribution in [0.1, 0.15) is 23.1 Å². The van der Waals surface area contributed by atoms with Gasteiger partial charge in [0.15, 0.2) is 0 Å². The third-order valence-electron chi connectivity index (χ3n) is 3.99. The van der Waals surface area contributed by atoms with E-state index in [1.807, 2.05) is 30.0 Å². The Bertz CT molecular complexity index is 700. The number of fused-ring (bicyclic) bond motifs is 1. The Balaban J connectivity index is 1.44. The largest absolute Gasteiger partial charge is 0.493 e. The highest BCUT2D eigenvalue weighted by Crippen LogP contribution is 2.27. The molecular formula is C19H21NO2S. The summed E-state index contributed by atoms with van der Waals surface area (Å²) < 4.78 is 5.83. The van der Waals surface area contributed by atoms with Gasteiger partial charge in [0.25, 0.3) is 0 Å². The zero-order valence-electron chi connectivity index (χ0n) is 13.3. The molecule has 2 aromatic rings. The van der Waals surface area contributed by atoms with Crippen LogP contribution in [0, 0.1) is 6.92 Å². The van der Waals surface area contributed by atoms with E-state index in [1.54, 1.807) is 0 Å². The molecule has 0 radical (unpaired) electrons. The topological polar surface area (TPSA) is 38.3 Å². The number of hydrogen-bond acceptors (Lipinski definition) is 3. The molecule has 120 valence electrons. The number of carbonyl (C=O) groups excluding carboxylic acids is 1. The van der Waals surface area contributed by atoms with Gasteiger partial charge in [0, 0.05) is 23.6 Å². The second-order valence-electron chi connectivity index (χ2n) is 5.69. The van der Waals surface area contributed by atoms with E-state index in [-0.39, 0.29) is 5.91 Å². The minimum atomic E-state index is 0.0961. The van der Waals surface area contributed by atoms with Crippen LogP contribution in [0.3, 0.4) is 0 Å². The highest BCUT2D eigenvalue weighted by molar-refractivity contribution is 7.98. The van der Waals surface area contributed by atoms with E-state index in [1.165, 1.54) is 11.1 Å². The molecule has 0 saturated heterocycles. The smallest absolute Gasteiger partial charge is 0.224 e. The second-order valence-corrected chi connectivity index (χ2v) is 6.80. The molecule has 2 aromatic carbocycles. The summed E-state index contributed by atoms with van der Waals surface area (Å²) in [4.78, 5) is 11.4. The van der Waals surface area contributed by atoms with Crippen LogP contribution in [-0.2, 0) is 17.0 Å². The van der Waals surface area contributed by atoms with Crippen molar-refractivity contribution in [1.29, 1.82) is 0 Å². The molecule has 1 heterocycles. The van der Waals surface area contributed by atoms with E-state index < -0.39 is 0 Å². The van der Waals surface area contributed by atoms with Gasteiger partial charge in [-0.15, -0.1) is 0 Å². The minimum absolute atomic E-state index is 0.0961. The molecule has 0 unspecified atom stereocenters. The summed E-state index contributed by atoms with van der Waals surface area (Å²) in [5.74, 6) is 2.96. The molecule has 1 N–H and O–H groups in total. The van der Waals surface area contributed by atoms with Crippen molar-refractivity contribution in [2.45, 2.75) is 25.5 Å². The molecule has 1 aliphatic rings. The van der Waals surface area contributed by atoms with Crippen molar-refractivity contribution in [3.63, 3.8) is 0 Å². The lowest BCUT2D eigenvalue weighted by molar-refractivity contribution is -0.116. The monoisotopic (exact) mass is 327 g/mol. The molecule has 0 aliphatic carbocycles. The van der Waals surface area contributed by atoms with E-state index in [0.29, 0.717) is 13.0 Å². The molecule has 0 spiro atoms. The van der Waals surface area contributed by atoms with Gasteiger partial charge < -0.3 is 10.1 Å². The van der Waals surface area contributed by atoms with Crippen LogP contribution in [0.25, 0.3) is 0 Å². The Labute approximate surface area is 141 Å². The van der Waals surface area contributed by atoms with E-state index in [2.05, 4.69) is 36.5 Å². The van der Waals surface area contributed by atoms with Crippen LogP contribution >= 0.6 is 11.8 Å². The van der Waals surface area contributed by atoms with Crippen LogP contribution in [-0.4, -0.2) is 18.3 Å². The first-order valence-corrected chi connectivity index (χ1v) is 9.06. The molecule has 3 nitrogen and oxygen atoms in total. The molecule has 0 aromatic heterocycles. The van der Waals surface area contributed by atoms with E-state index >= 15 is 0 Å². The Morgan fingerprint density at radius 2 is 2.04 bits per heavy atom. The third kappa shape index (κ3) is 4.29. The van der Waals surface area contributed by atoms with Gasteiger partial charge in [-0.25, -0.2) is 0 Å². The zero-order chi connectivity index (χ0) is 16.1. The Kier molecular flexibility index (Phi) is 5.23. The Morgan fingerprint density at radius 1 is 1.17 bits per heavy atom. The molecule has 1 aliphatic heterocycles. The molecule has 4 heteroatoms. The summed E-state index contributed by atoms with van der Waals surface area (Å²) in [6.45, 7) is 2.85. The predicted octanol–water partition coefficient (Wildman–Crippen LogP) is 4.19. The number of hydrogen-bond donors (Lipinski definition) is 1. The molecule has 0 bridgehead atoms. The maximum Gasteiger partial charge on any atom is 0.224 e. The van der Waals surface area contributed by atoms with Crippen molar-refractivity contribution in [3.8, 4) is 5.75 Å². The van der Waals surface area contributed by atoms with Gasteiger partial charge in [-0.3, -0.25) is 4.79 Å². The summed E-state index contributed by atoms with van der Waals surface area (Å²) >= 11 is 1.89. The molecule has 0 atom stereocenters. The third-order valence-corrected chi connectivity index (χ3v) is 4.96. The minimum Gasteiger partial charge on any atom is -0.493 e. The fraction of sp³-hybridized carbons (Fsp3) is 0.316. The van der Waals surface area contributed by atoms with Crippen molar-refractivity contribution in [2.24, 2.45) is 0 Å². The van der Waals surface area contributed by atoms with E-state index in [4.69, 9.17) is 4.74 Å². The number of nitrogens with one attached hydrogen (secondary N) is 1. The number of thioether (sulfide) groups is 1. The summed E-state index contributed by atoms with van der Waals surface area (Å²) in [5, 5.41) is 2.89. The normalized spacial score (nSPS) is 13.3. The van der Waals surface area contributed by atoms with Gasteiger partial charge in [-0.1, -0.05) is 24.3 Å². The summed E-state index contributed by atoms with van der Waals surface area (Å²) in [6.07, 6.45) is 1.35. The zero-order valence-corrected chi connectivity index (χ0v) is 14.1. The first-order chi connectivity index (χ1) is 11.2. The number of anilines is 1. The van der Waals surface area contributed by atoms with Crippen molar-refractivity contribution in [1.82, 2.24) is 0 Å². The summed E-state index contributed by atoms with van der Waals surface area (Å²) in [7, 11) is 0. The number of aryl methyl sites for hydroxylation is 2. The average Bonchev–Trinajstić information content (AvgIpc) is 2.56. The molecule has 0 fully saturated rings. The van der Waals surface area contributed by atoms with Crippen molar-refractivity contribution in [2.75, 3.05) is 17.7 Å². The van der Waals surface area contributed by atoms with Crippen LogP contribution in [0.15, 0.2) is 42.5 Å². The maximum atomic E-state index is 11.4. The number of benzene rings is 2. The molecule has 0 saturated carbocycles. The molecule has 23 heavy (non-hydrogen) atoms. The van der Waals surface area contributed by atoms with Gasteiger partial charge in [0.05, 0.1) is 6.61 Å². The van der Waals surface area contributed by atoms with Gasteiger partial charge in [0.2, 0.25) is 5.91 Å². The first-order valence-electron chi connectivity index (χ1n) is 7.90. The second kappa shape index (κ2) is 7.55. The Hall–Kier alpha value is -1.94. The number of rotatable bonds is 6. The van der Waals surface area contributed by atoms with Crippen LogP contribution in [0.4, 0.5) is 5.69 Å². The van der Waals surface area contributed by atoms with Gasteiger partial charge in [-0.2, -0.15) is 11.8 Å². The quantitative estimate of drug-likeness (QED) is 0.809. The lowest BCUT2D eigenvalue weighted by Crippen LogP contribution is -2.18. The number of carbonyl (C=O) groups is 1. The standard InChI is InChI=1S/C19H21NO2S/c1-14-4-2-3-5-16(14)13-23-11-10-22-17-7-8-18-15(12-17)6-9-19(21)20-18/h2-5,7-8,12H,6,9-11,13H2,1H3,(H,20,21). The van der Waals surface area contributed by atoms with Gasteiger partial charge in [0.1, 0.15) is 5.75 Å². The van der Waals surface area contributed by atoms with E-state index in [9.17, 15) is 4.79 Å². The van der Waals surface area contributed by atoms with Crippen molar-refractivity contribution < 1.29 is 9.53 Å². The van der Waals surface area contributed by atoms with Gasteiger partial charge >= 0.3 is 0 Å². The van der Waals surface area contributed by atoms with Gasteiger partial charge in [-0.05, 0) is 48.2 Å². The highest BCUT2D eigenvalue weighted by Gasteiger charge is 2.14. The lowest BCUT2D eigenvalue weighted by atomic mass is 10.0. The van der Waals surface area contributed by atoms with Crippen LogP contribution in [0.2, 0.25) is 0 Å². The fourth-order valence-electron chi connectivity index (χ4n) is 2.62. The highest BCUT2D eigenvalue weighted by atomic mass is 32.2. The lowest BCUT2D eigenvalue weighted by Gasteiger charge is -2.17. The molecule has 3 rings (SSSR count). The van der Waals surface area contributed by atoms with Crippen molar-refractivity contribution in [3.05, 3.63) is 59.2 Å².